The molecule has 8 heteroatoms. The normalized spacial score (nSPS) is 16.6. The predicted octanol–water partition coefficient (Wildman–Crippen LogP) is 6.41. The van der Waals surface area contributed by atoms with Crippen LogP contribution in [-0.2, 0) is 30.2 Å². The number of halogens is 2. The van der Waals surface area contributed by atoms with E-state index in [4.69, 9.17) is 14.5 Å². The van der Waals surface area contributed by atoms with Gasteiger partial charge in [-0.05, 0) is 39.8 Å². The number of nitrogens with zero attached hydrogens (tertiary/aromatic N) is 2. The van der Waals surface area contributed by atoms with Gasteiger partial charge in [-0.15, -0.1) is 11.3 Å². The van der Waals surface area contributed by atoms with E-state index >= 15 is 0 Å². The van der Waals surface area contributed by atoms with Gasteiger partial charge in [-0.1, -0.05) is 50.1 Å². The average molecular weight is 590 g/mol. The highest BCUT2D eigenvalue weighted by atomic mass is 79.9. The van der Waals surface area contributed by atoms with Crippen LogP contribution in [0.15, 0.2) is 46.8 Å². The minimum absolute atomic E-state index is 0.0267. The monoisotopic (exact) mass is 588 g/mol. The van der Waals surface area contributed by atoms with Crippen LogP contribution in [0.3, 0.4) is 0 Å². The predicted molar refractivity (Wildman–Crippen MR) is 139 cm³/mol. The van der Waals surface area contributed by atoms with Crippen molar-refractivity contribution in [2.45, 2.75) is 36.3 Å². The molecule has 3 aromatic rings. The van der Waals surface area contributed by atoms with Crippen LogP contribution in [0.4, 0.5) is 5.69 Å². The lowest BCUT2D eigenvalue weighted by atomic mass is 10.0. The van der Waals surface area contributed by atoms with E-state index in [1.807, 2.05) is 17.2 Å². The smallest absolute Gasteiger partial charge is 0.257 e. The van der Waals surface area contributed by atoms with Gasteiger partial charge in [-0.25, -0.2) is 0 Å². The first kappa shape index (κ1) is 22.6. The van der Waals surface area contributed by atoms with Crippen LogP contribution < -0.4 is 9.47 Å². The van der Waals surface area contributed by atoms with Crippen molar-refractivity contribution in [1.82, 2.24) is 4.90 Å². The number of amides is 1. The Hall–Kier alpha value is -2.16. The lowest BCUT2D eigenvalue weighted by molar-refractivity contribution is 0.0704. The Kier molecular flexibility index (Phi) is 6.58. The Bertz CT molecular complexity index is 1220. The van der Waals surface area contributed by atoms with E-state index in [9.17, 15) is 4.79 Å². The summed E-state index contributed by atoms with van der Waals surface area (Å²) in [6.45, 7) is 0.997. The Morgan fingerprint density at radius 1 is 1.09 bits per heavy atom. The van der Waals surface area contributed by atoms with Gasteiger partial charge in [0.05, 0.1) is 24.4 Å². The first-order valence-corrected chi connectivity index (χ1v) is 13.7. The van der Waals surface area contributed by atoms with Gasteiger partial charge in [-0.2, -0.15) is 0 Å². The average Bonchev–Trinajstić information content (AvgIpc) is 3.27. The minimum atomic E-state index is -0.0407. The molecule has 1 aromatic heterocycles. The van der Waals surface area contributed by atoms with Crippen molar-refractivity contribution < 1.29 is 14.3 Å². The Labute approximate surface area is 213 Å². The summed E-state index contributed by atoms with van der Waals surface area (Å²) in [7, 11) is 1.59. The fraction of sp³-hybridized carbons (Fsp3) is 0.280. The van der Waals surface area contributed by atoms with Crippen molar-refractivity contribution in [3.8, 4) is 11.5 Å². The maximum atomic E-state index is 13.4. The molecular weight excluding hydrogens is 568 g/mol. The number of fused-ring (bicyclic) bond motifs is 3. The lowest BCUT2D eigenvalue weighted by Gasteiger charge is -2.32. The summed E-state index contributed by atoms with van der Waals surface area (Å²) < 4.78 is 11.8. The van der Waals surface area contributed by atoms with Crippen LogP contribution in [0, 0.1) is 0 Å². The number of carbonyl (C=O) groups excluding carboxylic acids is 1. The van der Waals surface area contributed by atoms with E-state index in [-0.39, 0.29) is 11.9 Å². The molecule has 0 radical (unpaired) electrons. The van der Waals surface area contributed by atoms with E-state index in [0.717, 1.165) is 22.6 Å². The first-order chi connectivity index (χ1) is 16.1. The van der Waals surface area contributed by atoms with Gasteiger partial charge < -0.3 is 14.4 Å². The summed E-state index contributed by atoms with van der Waals surface area (Å²) in [5.74, 6) is 1.08. The quantitative estimate of drug-likeness (QED) is 0.312. The zero-order chi connectivity index (χ0) is 22.9. The number of hydrogen-bond donors (Lipinski definition) is 0. The standard InChI is InChI=1S/C25H22Br2N2O3S/c1-31-22-8-20-21(9-23(22)32-14-17-5-15(10-26)4-16(6-17)11-27)28-12-19-7-24-18(2-3-33-24)13-29(19)25(20)30/h2-6,8-9,12,19H,7,10-11,13-14H2,1H3/t19-/m0/s1. The number of alkyl halides is 2. The molecular formula is C25H22Br2N2O3S. The van der Waals surface area contributed by atoms with E-state index in [2.05, 4.69) is 61.5 Å². The van der Waals surface area contributed by atoms with Crippen LogP contribution in [0.2, 0.25) is 0 Å². The largest absolute Gasteiger partial charge is 0.493 e. The third-order valence-corrected chi connectivity index (χ3v) is 8.23. The first-order valence-electron chi connectivity index (χ1n) is 10.6. The molecule has 33 heavy (non-hydrogen) atoms. The number of benzene rings is 2. The van der Waals surface area contributed by atoms with Crippen LogP contribution >= 0.6 is 43.2 Å². The van der Waals surface area contributed by atoms with Gasteiger partial charge in [0.15, 0.2) is 11.5 Å². The van der Waals surface area contributed by atoms with Gasteiger partial charge in [0.25, 0.3) is 5.91 Å². The molecule has 1 amide bonds. The molecule has 0 spiro atoms. The van der Waals surface area contributed by atoms with E-state index in [0.29, 0.717) is 35.9 Å². The number of rotatable bonds is 6. The highest BCUT2D eigenvalue weighted by Gasteiger charge is 2.33. The summed E-state index contributed by atoms with van der Waals surface area (Å²) in [6, 6.07) is 12.0. The van der Waals surface area contributed by atoms with Gasteiger partial charge in [0.1, 0.15) is 6.61 Å². The highest BCUT2D eigenvalue weighted by molar-refractivity contribution is 9.08. The summed E-state index contributed by atoms with van der Waals surface area (Å²) in [5, 5.41) is 3.65. The van der Waals surface area contributed by atoms with Gasteiger partial charge in [-0.3, -0.25) is 9.79 Å². The lowest BCUT2D eigenvalue weighted by Crippen LogP contribution is -2.44. The van der Waals surface area contributed by atoms with Crippen molar-refractivity contribution >= 4 is 61.0 Å². The number of ether oxygens (including phenoxy) is 2. The number of carbonyl (C=O) groups is 1. The molecule has 2 aliphatic rings. The molecule has 5 rings (SSSR count). The molecule has 2 aliphatic heterocycles. The molecule has 170 valence electrons. The zero-order valence-electron chi connectivity index (χ0n) is 18.0. The molecule has 0 N–H and O–H groups in total. The van der Waals surface area contributed by atoms with Gasteiger partial charge in [0, 0.05) is 40.8 Å². The number of methoxy groups -OCH3 is 1. The Balaban J connectivity index is 1.44. The van der Waals surface area contributed by atoms with E-state index in [1.54, 1.807) is 24.5 Å². The summed E-state index contributed by atoms with van der Waals surface area (Å²) >= 11 is 8.81. The molecule has 0 unspecified atom stereocenters. The summed E-state index contributed by atoms with van der Waals surface area (Å²) in [5.41, 5.74) is 5.84. The van der Waals surface area contributed by atoms with Crippen LogP contribution in [0.5, 0.6) is 11.5 Å². The van der Waals surface area contributed by atoms with E-state index in [1.165, 1.54) is 21.6 Å². The SMILES string of the molecule is COc1cc2c(cc1OCc1cc(CBr)cc(CBr)c1)N=C[C@@H]1Cc3sccc3CN1C2=O. The fourth-order valence-electron chi connectivity index (χ4n) is 4.30. The van der Waals surface area contributed by atoms with Gasteiger partial charge in [0.2, 0.25) is 0 Å². The van der Waals surface area contributed by atoms with Crippen molar-refractivity contribution in [2.75, 3.05) is 7.11 Å². The Morgan fingerprint density at radius 3 is 2.58 bits per heavy atom. The van der Waals surface area contributed by atoms with Crippen molar-refractivity contribution in [1.29, 1.82) is 0 Å². The molecule has 0 fully saturated rings. The number of aliphatic imine (C=N–C) groups is 1. The maximum Gasteiger partial charge on any atom is 0.257 e. The van der Waals surface area contributed by atoms with Crippen molar-refractivity contribution in [3.05, 3.63) is 74.5 Å². The summed E-state index contributed by atoms with van der Waals surface area (Å²) in [4.78, 5) is 21.4. The topological polar surface area (TPSA) is 51.1 Å². The molecule has 0 saturated carbocycles. The maximum absolute atomic E-state index is 13.4. The van der Waals surface area contributed by atoms with Crippen LogP contribution in [0.25, 0.3) is 0 Å². The fourth-order valence-corrected chi connectivity index (χ4v) is 5.90. The molecule has 2 aromatic carbocycles. The highest BCUT2D eigenvalue weighted by Crippen LogP contribution is 2.39. The molecule has 3 heterocycles. The second-order valence-corrected chi connectivity index (χ2v) is 10.2. The number of thiophene rings is 1. The second kappa shape index (κ2) is 9.60. The third kappa shape index (κ3) is 4.48. The molecule has 0 bridgehead atoms. The second-order valence-electron chi connectivity index (χ2n) is 8.09. The van der Waals surface area contributed by atoms with E-state index < -0.39 is 0 Å². The molecule has 1 atom stereocenters. The third-order valence-electron chi connectivity index (χ3n) is 5.95. The Morgan fingerprint density at radius 2 is 1.85 bits per heavy atom. The van der Waals surface area contributed by atoms with Gasteiger partial charge >= 0.3 is 0 Å². The zero-order valence-corrected chi connectivity index (χ0v) is 22.0. The van der Waals surface area contributed by atoms with Crippen LogP contribution in [-0.4, -0.2) is 30.2 Å². The summed E-state index contributed by atoms with van der Waals surface area (Å²) in [6.07, 6.45) is 2.70. The minimum Gasteiger partial charge on any atom is -0.493 e. The molecule has 5 nitrogen and oxygen atoms in total. The molecule has 0 saturated heterocycles. The van der Waals surface area contributed by atoms with Crippen molar-refractivity contribution in [3.63, 3.8) is 0 Å². The van der Waals surface area contributed by atoms with Crippen molar-refractivity contribution in [2.24, 2.45) is 4.99 Å². The molecule has 0 aliphatic carbocycles. The van der Waals surface area contributed by atoms with Crippen LogP contribution in [0.1, 0.15) is 37.5 Å². The number of hydrogen-bond acceptors (Lipinski definition) is 5.